The zero-order valence-electron chi connectivity index (χ0n) is 14.0. The number of ether oxygens (including phenoxy) is 3. The van der Waals surface area contributed by atoms with Crippen LogP contribution in [0.15, 0.2) is 55.1 Å². The Morgan fingerprint density at radius 1 is 1.08 bits per heavy atom. The van der Waals surface area contributed by atoms with Crippen LogP contribution < -0.4 is 20.3 Å². The average molecular weight is 340 g/mol. The largest absolute Gasteiger partial charge is 0.486 e. The van der Waals surface area contributed by atoms with E-state index in [0.29, 0.717) is 30.4 Å². The van der Waals surface area contributed by atoms with Crippen LogP contribution in [0.2, 0.25) is 0 Å². The monoisotopic (exact) mass is 340 g/mol. The van der Waals surface area contributed by atoms with Gasteiger partial charge in [0, 0.05) is 12.7 Å². The lowest BCUT2D eigenvalue weighted by molar-refractivity contribution is -0.132. The molecule has 130 valence electrons. The predicted molar refractivity (Wildman–Crippen MR) is 93.9 cm³/mol. The first-order valence-electron chi connectivity index (χ1n) is 7.91. The zero-order valence-corrected chi connectivity index (χ0v) is 14.0. The van der Waals surface area contributed by atoms with Gasteiger partial charge in [0.25, 0.3) is 5.91 Å². The second-order valence-electron chi connectivity index (χ2n) is 5.48. The van der Waals surface area contributed by atoms with E-state index in [1.807, 2.05) is 48.5 Å². The number of rotatable bonds is 6. The molecule has 0 radical (unpaired) electrons. The first kappa shape index (κ1) is 16.9. The highest BCUT2D eigenvalue weighted by molar-refractivity contribution is 5.83. The highest BCUT2D eigenvalue weighted by Crippen LogP contribution is 2.32. The number of methoxy groups -OCH3 is 1. The number of benzene rings is 2. The molecule has 0 fully saturated rings. The molecule has 0 saturated carbocycles. The van der Waals surface area contributed by atoms with Crippen molar-refractivity contribution < 1.29 is 19.0 Å². The van der Waals surface area contributed by atoms with Crippen LogP contribution in [-0.2, 0) is 9.53 Å². The SMILES string of the molecule is C=C(NNC(=O)C(OC)c1ccccc1)c1ccc2c(c1)OCCO2. The Morgan fingerprint density at radius 3 is 2.52 bits per heavy atom. The van der Waals surface area contributed by atoms with Gasteiger partial charge in [0.15, 0.2) is 17.6 Å². The molecule has 3 rings (SSSR count). The van der Waals surface area contributed by atoms with Crippen LogP contribution in [-0.4, -0.2) is 26.2 Å². The summed E-state index contributed by atoms with van der Waals surface area (Å²) >= 11 is 0. The summed E-state index contributed by atoms with van der Waals surface area (Å²) in [6, 6.07) is 14.8. The van der Waals surface area contributed by atoms with Crippen molar-refractivity contribution in [2.24, 2.45) is 0 Å². The normalized spacial score (nSPS) is 13.6. The van der Waals surface area contributed by atoms with Gasteiger partial charge in [0.2, 0.25) is 0 Å². The molecule has 1 unspecified atom stereocenters. The summed E-state index contributed by atoms with van der Waals surface area (Å²) < 4.78 is 16.3. The quantitative estimate of drug-likeness (QED) is 0.791. The second kappa shape index (κ2) is 7.72. The van der Waals surface area contributed by atoms with E-state index >= 15 is 0 Å². The van der Waals surface area contributed by atoms with Crippen molar-refractivity contribution in [3.05, 3.63) is 66.2 Å². The van der Waals surface area contributed by atoms with Crippen LogP contribution in [0, 0.1) is 0 Å². The zero-order chi connectivity index (χ0) is 17.6. The number of amides is 1. The molecule has 1 atom stereocenters. The van der Waals surface area contributed by atoms with E-state index in [0.717, 1.165) is 11.1 Å². The van der Waals surface area contributed by atoms with Crippen LogP contribution in [0.5, 0.6) is 11.5 Å². The molecule has 0 bridgehead atoms. The van der Waals surface area contributed by atoms with Crippen LogP contribution in [0.1, 0.15) is 17.2 Å². The third kappa shape index (κ3) is 3.92. The van der Waals surface area contributed by atoms with Gasteiger partial charge in [-0.3, -0.25) is 15.6 Å². The number of carbonyl (C=O) groups is 1. The molecule has 0 saturated heterocycles. The minimum atomic E-state index is -0.707. The van der Waals surface area contributed by atoms with Crippen LogP contribution in [0.4, 0.5) is 0 Å². The maximum Gasteiger partial charge on any atom is 0.272 e. The molecule has 2 aromatic carbocycles. The Balaban J connectivity index is 1.62. The van der Waals surface area contributed by atoms with Gasteiger partial charge in [-0.05, 0) is 23.8 Å². The van der Waals surface area contributed by atoms with Crippen molar-refractivity contribution in [1.29, 1.82) is 0 Å². The molecule has 0 aromatic heterocycles. The maximum atomic E-state index is 12.4. The van der Waals surface area contributed by atoms with E-state index in [4.69, 9.17) is 14.2 Å². The van der Waals surface area contributed by atoms with Gasteiger partial charge in [0.1, 0.15) is 13.2 Å². The van der Waals surface area contributed by atoms with Crippen molar-refractivity contribution in [2.45, 2.75) is 6.10 Å². The standard InChI is InChI=1S/C19H20N2O4/c1-13(15-8-9-16-17(12-15)25-11-10-24-16)20-21-19(22)18(23-2)14-6-4-3-5-7-14/h3-9,12,18,20H,1,10-11H2,2H3,(H,21,22). The van der Waals surface area contributed by atoms with Gasteiger partial charge in [-0.15, -0.1) is 0 Å². The Hall–Kier alpha value is -2.99. The number of nitrogens with one attached hydrogen (secondary N) is 2. The van der Waals surface area contributed by atoms with E-state index in [-0.39, 0.29) is 5.91 Å². The molecule has 1 aliphatic heterocycles. The predicted octanol–water partition coefficient (Wildman–Crippen LogP) is 2.44. The summed E-state index contributed by atoms with van der Waals surface area (Å²) in [7, 11) is 1.49. The molecule has 2 aromatic rings. The van der Waals surface area contributed by atoms with Crippen molar-refractivity contribution >= 4 is 11.6 Å². The summed E-state index contributed by atoms with van der Waals surface area (Å²) in [5.74, 6) is 1.06. The lowest BCUT2D eigenvalue weighted by Crippen LogP contribution is -2.39. The minimum absolute atomic E-state index is 0.313. The molecule has 25 heavy (non-hydrogen) atoms. The molecule has 6 nitrogen and oxygen atoms in total. The van der Waals surface area contributed by atoms with E-state index in [9.17, 15) is 4.79 Å². The lowest BCUT2D eigenvalue weighted by Gasteiger charge is -2.20. The Kier molecular flexibility index (Phi) is 5.20. The van der Waals surface area contributed by atoms with Gasteiger partial charge in [-0.2, -0.15) is 0 Å². The van der Waals surface area contributed by atoms with Crippen molar-refractivity contribution in [3.63, 3.8) is 0 Å². The van der Waals surface area contributed by atoms with Crippen molar-refractivity contribution in [3.8, 4) is 11.5 Å². The summed E-state index contributed by atoms with van der Waals surface area (Å²) in [4.78, 5) is 12.4. The molecule has 2 N–H and O–H groups in total. The van der Waals surface area contributed by atoms with E-state index in [1.54, 1.807) is 0 Å². The molecule has 0 aliphatic carbocycles. The number of hydrogen-bond acceptors (Lipinski definition) is 5. The minimum Gasteiger partial charge on any atom is -0.486 e. The van der Waals surface area contributed by atoms with Crippen LogP contribution >= 0.6 is 0 Å². The number of carbonyl (C=O) groups excluding carboxylic acids is 1. The fourth-order valence-corrected chi connectivity index (χ4v) is 2.53. The van der Waals surface area contributed by atoms with Crippen LogP contribution in [0.3, 0.4) is 0 Å². The highest BCUT2D eigenvalue weighted by atomic mass is 16.6. The highest BCUT2D eigenvalue weighted by Gasteiger charge is 2.20. The first-order chi connectivity index (χ1) is 12.2. The lowest BCUT2D eigenvalue weighted by atomic mass is 10.1. The molecular weight excluding hydrogens is 320 g/mol. The molecule has 0 spiro atoms. The summed E-state index contributed by atoms with van der Waals surface area (Å²) in [6.45, 7) is 5.00. The topological polar surface area (TPSA) is 68.8 Å². The summed E-state index contributed by atoms with van der Waals surface area (Å²) in [6.07, 6.45) is -0.707. The molecule has 6 heteroatoms. The van der Waals surface area contributed by atoms with Gasteiger partial charge >= 0.3 is 0 Å². The fourth-order valence-electron chi connectivity index (χ4n) is 2.53. The van der Waals surface area contributed by atoms with Crippen molar-refractivity contribution in [2.75, 3.05) is 20.3 Å². The van der Waals surface area contributed by atoms with Crippen molar-refractivity contribution in [1.82, 2.24) is 10.9 Å². The van der Waals surface area contributed by atoms with Gasteiger partial charge in [-0.1, -0.05) is 36.9 Å². The average Bonchev–Trinajstić information content (AvgIpc) is 2.67. The van der Waals surface area contributed by atoms with Gasteiger partial charge < -0.3 is 14.2 Å². The molecule has 1 aliphatic rings. The molecular formula is C19H20N2O4. The number of hydrogen-bond donors (Lipinski definition) is 2. The van der Waals surface area contributed by atoms with E-state index in [1.165, 1.54) is 7.11 Å². The van der Waals surface area contributed by atoms with Gasteiger partial charge in [0.05, 0.1) is 5.70 Å². The van der Waals surface area contributed by atoms with E-state index < -0.39 is 6.10 Å². The summed E-state index contributed by atoms with van der Waals surface area (Å²) in [5.41, 5.74) is 7.54. The Labute approximate surface area is 146 Å². The van der Waals surface area contributed by atoms with Crippen LogP contribution in [0.25, 0.3) is 5.70 Å². The van der Waals surface area contributed by atoms with Gasteiger partial charge in [-0.25, -0.2) is 0 Å². The Morgan fingerprint density at radius 2 is 1.80 bits per heavy atom. The number of hydrazine groups is 1. The molecule has 1 amide bonds. The third-order valence-corrected chi connectivity index (χ3v) is 3.80. The second-order valence-corrected chi connectivity index (χ2v) is 5.48. The smallest absolute Gasteiger partial charge is 0.272 e. The maximum absolute atomic E-state index is 12.4. The first-order valence-corrected chi connectivity index (χ1v) is 7.91. The summed E-state index contributed by atoms with van der Waals surface area (Å²) in [5, 5.41) is 0. The Bertz CT molecular complexity index is 761. The third-order valence-electron chi connectivity index (χ3n) is 3.80. The molecule has 1 heterocycles. The number of fused-ring (bicyclic) bond motifs is 1. The fraction of sp³-hybridized carbons (Fsp3) is 0.211. The van der Waals surface area contributed by atoms with E-state index in [2.05, 4.69) is 17.4 Å².